The topological polar surface area (TPSA) is 61.4 Å². The van der Waals surface area contributed by atoms with Gasteiger partial charge in [0.05, 0.1) is 19.1 Å². The zero-order valence-electron chi connectivity index (χ0n) is 10.2. The molecule has 3 N–H and O–H groups in total. The Bertz CT molecular complexity index is 429. The molecule has 1 aromatic rings. The van der Waals surface area contributed by atoms with Gasteiger partial charge >= 0.3 is 0 Å². The molecule has 1 amide bonds. The average molecular weight is 234 g/mol. The Balaban J connectivity index is 2.22. The quantitative estimate of drug-likeness (QED) is 0.734. The van der Waals surface area contributed by atoms with E-state index in [1.807, 2.05) is 32.0 Å². The summed E-state index contributed by atoms with van der Waals surface area (Å²) in [5.74, 6) is 0.0366. The highest BCUT2D eigenvalue weighted by molar-refractivity contribution is 5.99. The number of hydrogen-bond donors (Lipinski definition) is 3. The number of fused-ring (bicyclic) bond motifs is 1. The fraction of sp³-hybridized carbons (Fsp3) is 0.462. The Hall–Kier alpha value is -1.39. The number of rotatable bonds is 4. The lowest BCUT2D eigenvalue weighted by atomic mass is 10.0. The van der Waals surface area contributed by atoms with E-state index >= 15 is 0 Å². The molecule has 0 aliphatic carbocycles. The first-order valence-corrected chi connectivity index (χ1v) is 5.89. The molecule has 0 saturated carbocycles. The molecule has 1 aromatic carbocycles. The highest BCUT2D eigenvalue weighted by atomic mass is 16.3. The van der Waals surface area contributed by atoms with Crippen molar-refractivity contribution in [3.8, 4) is 0 Å². The van der Waals surface area contributed by atoms with E-state index in [4.69, 9.17) is 0 Å². The highest BCUT2D eigenvalue weighted by Gasteiger charge is 2.19. The number of anilines is 1. The van der Waals surface area contributed by atoms with Crippen LogP contribution in [0.15, 0.2) is 18.2 Å². The summed E-state index contributed by atoms with van der Waals surface area (Å²) in [6.45, 7) is 4.14. The number of nitrogens with one attached hydrogen (secondary N) is 2. The van der Waals surface area contributed by atoms with Crippen molar-refractivity contribution < 1.29 is 9.90 Å². The van der Waals surface area contributed by atoms with E-state index in [1.165, 1.54) is 0 Å². The lowest BCUT2D eigenvalue weighted by Gasteiger charge is -2.20. The fourth-order valence-corrected chi connectivity index (χ4v) is 2.12. The summed E-state index contributed by atoms with van der Waals surface area (Å²) >= 11 is 0. The molecule has 0 fully saturated rings. The number of benzene rings is 1. The second kappa shape index (κ2) is 4.85. The lowest BCUT2D eigenvalue weighted by molar-refractivity contribution is -0.115. The summed E-state index contributed by atoms with van der Waals surface area (Å²) in [7, 11) is 0. The van der Waals surface area contributed by atoms with Gasteiger partial charge in [-0.2, -0.15) is 0 Å². The van der Waals surface area contributed by atoms with E-state index in [0.717, 1.165) is 16.8 Å². The van der Waals surface area contributed by atoms with Gasteiger partial charge in [0, 0.05) is 11.7 Å². The zero-order valence-corrected chi connectivity index (χ0v) is 10.2. The van der Waals surface area contributed by atoms with Crippen molar-refractivity contribution >= 4 is 11.6 Å². The maximum absolute atomic E-state index is 11.3. The van der Waals surface area contributed by atoms with Gasteiger partial charge in [0.2, 0.25) is 5.91 Å². The molecule has 4 nitrogen and oxygen atoms in total. The third-order valence-corrected chi connectivity index (χ3v) is 2.87. The van der Waals surface area contributed by atoms with Gasteiger partial charge in [0.25, 0.3) is 0 Å². The molecule has 0 aromatic heterocycles. The third-order valence-electron chi connectivity index (χ3n) is 2.87. The Kier molecular flexibility index (Phi) is 3.45. The van der Waals surface area contributed by atoms with Gasteiger partial charge in [-0.05, 0) is 17.2 Å². The van der Waals surface area contributed by atoms with Gasteiger partial charge in [0.15, 0.2) is 0 Å². The standard InChI is InChI=1S/C13H18N2O2/c1-8(2)14-12(7-16)9-3-4-11-10(5-9)6-13(17)15-11/h3-5,8,12,14,16H,6-7H2,1-2H3,(H,15,17). The summed E-state index contributed by atoms with van der Waals surface area (Å²) in [4.78, 5) is 11.3. The van der Waals surface area contributed by atoms with E-state index in [9.17, 15) is 9.90 Å². The monoisotopic (exact) mass is 234 g/mol. The molecule has 1 aliphatic heterocycles. The van der Waals surface area contributed by atoms with Crippen LogP contribution in [0.2, 0.25) is 0 Å². The predicted octanol–water partition coefficient (Wildman–Crippen LogP) is 1.21. The molecule has 1 aliphatic rings. The Morgan fingerprint density at radius 3 is 2.88 bits per heavy atom. The summed E-state index contributed by atoms with van der Waals surface area (Å²) in [6, 6.07) is 6.07. The number of aliphatic hydroxyl groups is 1. The molecular formula is C13H18N2O2. The van der Waals surface area contributed by atoms with Crippen molar-refractivity contribution in [1.29, 1.82) is 0 Å². The van der Waals surface area contributed by atoms with E-state index in [2.05, 4.69) is 10.6 Å². The van der Waals surface area contributed by atoms with Crippen molar-refractivity contribution in [2.45, 2.75) is 32.4 Å². The minimum Gasteiger partial charge on any atom is -0.394 e. The van der Waals surface area contributed by atoms with Crippen LogP contribution in [0.5, 0.6) is 0 Å². The van der Waals surface area contributed by atoms with Crippen molar-refractivity contribution in [3.05, 3.63) is 29.3 Å². The smallest absolute Gasteiger partial charge is 0.228 e. The van der Waals surface area contributed by atoms with Crippen molar-refractivity contribution in [2.75, 3.05) is 11.9 Å². The number of aliphatic hydroxyl groups excluding tert-OH is 1. The summed E-state index contributed by atoms with van der Waals surface area (Å²) in [6.07, 6.45) is 0.434. The summed E-state index contributed by atoms with van der Waals surface area (Å²) < 4.78 is 0. The Labute approximate surface area is 101 Å². The van der Waals surface area contributed by atoms with Crippen LogP contribution in [0.25, 0.3) is 0 Å². The van der Waals surface area contributed by atoms with Crippen LogP contribution >= 0.6 is 0 Å². The van der Waals surface area contributed by atoms with Crippen molar-refractivity contribution in [3.63, 3.8) is 0 Å². The Morgan fingerprint density at radius 2 is 2.24 bits per heavy atom. The summed E-state index contributed by atoms with van der Waals surface area (Å²) in [5, 5.41) is 15.5. The SMILES string of the molecule is CC(C)NC(CO)c1ccc2c(c1)CC(=O)N2. The van der Waals surface area contributed by atoms with E-state index in [1.54, 1.807) is 0 Å². The van der Waals surface area contributed by atoms with Crippen LogP contribution in [0.3, 0.4) is 0 Å². The van der Waals surface area contributed by atoms with Crippen molar-refractivity contribution in [1.82, 2.24) is 5.32 Å². The van der Waals surface area contributed by atoms with Gasteiger partial charge in [-0.1, -0.05) is 26.0 Å². The van der Waals surface area contributed by atoms with Gasteiger partial charge in [0.1, 0.15) is 0 Å². The van der Waals surface area contributed by atoms with Crippen LogP contribution in [0.1, 0.15) is 31.0 Å². The van der Waals surface area contributed by atoms with Crippen LogP contribution in [0.4, 0.5) is 5.69 Å². The largest absolute Gasteiger partial charge is 0.394 e. The van der Waals surface area contributed by atoms with Gasteiger partial charge in [-0.3, -0.25) is 4.79 Å². The molecule has 0 radical (unpaired) electrons. The van der Waals surface area contributed by atoms with Crippen LogP contribution in [-0.4, -0.2) is 23.7 Å². The first-order chi connectivity index (χ1) is 8.10. The lowest BCUT2D eigenvalue weighted by Crippen LogP contribution is -2.30. The maximum Gasteiger partial charge on any atom is 0.228 e. The average Bonchev–Trinajstić information content (AvgIpc) is 2.64. The summed E-state index contributed by atoms with van der Waals surface area (Å²) in [5.41, 5.74) is 2.92. The van der Waals surface area contributed by atoms with Crippen LogP contribution in [-0.2, 0) is 11.2 Å². The molecular weight excluding hydrogens is 216 g/mol. The first-order valence-electron chi connectivity index (χ1n) is 5.89. The molecule has 2 rings (SSSR count). The highest BCUT2D eigenvalue weighted by Crippen LogP contribution is 2.26. The molecule has 92 valence electrons. The molecule has 17 heavy (non-hydrogen) atoms. The second-order valence-corrected chi connectivity index (χ2v) is 4.70. The van der Waals surface area contributed by atoms with Gasteiger partial charge < -0.3 is 15.7 Å². The second-order valence-electron chi connectivity index (χ2n) is 4.70. The van der Waals surface area contributed by atoms with E-state index < -0.39 is 0 Å². The van der Waals surface area contributed by atoms with Crippen molar-refractivity contribution in [2.24, 2.45) is 0 Å². The Morgan fingerprint density at radius 1 is 1.47 bits per heavy atom. The number of hydrogen-bond acceptors (Lipinski definition) is 3. The maximum atomic E-state index is 11.3. The molecule has 1 atom stereocenters. The minimum absolute atomic E-state index is 0.0366. The molecule has 0 spiro atoms. The van der Waals surface area contributed by atoms with Crippen LogP contribution in [0, 0.1) is 0 Å². The zero-order chi connectivity index (χ0) is 12.4. The third kappa shape index (κ3) is 2.65. The normalized spacial score (nSPS) is 15.9. The fourth-order valence-electron chi connectivity index (χ4n) is 2.12. The van der Waals surface area contributed by atoms with Crippen LogP contribution < -0.4 is 10.6 Å². The minimum atomic E-state index is -0.0731. The molecule has 4 heteroatoms. The molecule has 0 bridgehead atoms. The van der Waals surface area contributed by atoms with Gasteiger partial charge in [-0.15, -0.1) is 0 Å². The predicted molar refractivity (Wildman–Crippen MR) is 66.9 cm³/mol. The number of carbonyl (C=O) groups is 1. The molecule has 1 heterocycles. The molecule has 0 saturated heterocycles. The van der Waals surface area contributed by atoms with E-state index in [-0.39, 0.29) is 18.6 Å². The number of amides is 1. The van der Waals surface area contributed by atoms with Gasteiger partial charge in [-0.25, -0.2) is 0 Å². The first kappa shape index (κ1) is 12.1. The van der Waals surface area contributed by atoms with E-state index in [0.29, 0.717) is 12.5 Å². The number of carbonyl (C=O) groups excluding carboxylic acids is 1. The molecule has 1 unspecified atom stereocenters.